The summed E-state index contributed by atoms with van der Waals surface area (Å²) < 4.78 is 11.4. The fourth-order valence-corrected chi connectivity index (χ4v) is 2.19. The molecule has 23 heavy (non-hydrogen) atoms. The van der Waals surface area contributed by atoms with E-state index >= 15 is 0 Å². The van der Waals surface area contributed by atoms with Crippen molar-refractivity contribution in [2.45, 2.75) is 59.2 Å². The highest BCUT2D eigenvalue weighted by atomic mass is 79.9. The van der Waals surface area contributed by atoms with E-state index < -0.39 is 17.3 Å². The summed E-state index contributed by atoms with van der Waals surface area (Å²) in [4.78, 5) is 23.9. The highest BCUT2D eigenvalue weighted by molar-refractivity contribution is 9.10. The van der Waals surface area contributed by atoms with Crippen molar-refractivity contribution in [3.63, 3.8) is 0 Å². The van der Waals surface area contributed by atoms with Crippen LogP contribution in [0.1, 0.15) is 47.1 Å². The molecule has 0 aliphatic heterocycles. The van der Waals surface area contributed by atoms with E-state index in [1.807, 2.05) is 20.8 Å². The molecule has 0 heterocycles. The third-order valence-electron chi connectivity index (χ3n) is 2.46. The van der Waals surface area contributed by atoms with Crippen molar-refractivity contribution in [2.24, 2.45) is 0 Å². The van der Waals surface area contributed by atoms with E-state index in [-0.39, 0.29) is 12.4 Å². The van der Waals surface area contributed by atoms with E-state index in [1.54, 1.807) is 39.0 Å². The van der Waals surface area contributed by atoms with Crippen molar-refractivity contribution in [2.75, 3.05) is 5.32 Å². The first-order valence-corrected chi connectivity index (χ1v) is 8.15. The Balaban J connectivity index is 2.89. The summed E-state index contributed by atoms with van der Waals surface area (Å²) in [7, 11) is 0. The largest absolute Gasteiger partial charge is 0.460 e. The Kier molecular flexibility index (Phi) is 6.22. The van der Waals surface area contributed by atoms with Crippen LogP contribution in [0.3, 0.4) is 0 Å². The van der Waals surface area contributed by atoms with Gasteiger partial charge in [0.15, 0.2) is 0 Å². The number of carbonyl (C=O) groups is 2. The van der Waals surface area contributed by atoms with Gasteiger partial charge in [-0.2, -0.15) is 0 Å². The lowest BCUT2D eigenvalue weighted by molar-refractivity contribution is -0.153. The molecule has 0 radical (unpaired) electrons. The van der Waals surface area contributed by atoms with Gasteiger partial charge in [0.05, 0.1) is 6.42 Å². The fraction of sp³-hybridized carbons (Fsp3) is 0.529. The second kappa shape index (κ2) is 7.34. The molecule has 1 aromatic carbocycles. The number of hydrogen-bond acceptors (Lipinski definition) is 4. The molecular weight excluding hydrogens is 362 g/mol. The van der Waals surface area contributed by atoms with Gasteiger partial charge in [0.25, 0.3) is 0 Å². The monoisotopic (exact) mass is 385 g/mol. The van der Waals surface area contributed by atoms with Gasteiger partial charge in [0, 0.05) is 10.2 Å². The Morgan fingerprint density at radius 2 is 1.61 bits per heavy atom. The molecule has 1 N–H and O–H groups in total. The predicted octanol–water partition coefficient (Wildman–Crippen LogP) is 4.68. The Bertz CT molecular complexity index is 585. The summed E-state index contributed by atoms with van der Waals surface area (Å²) >= 11 is 3.37. The quantitative estimate of drug-likeness (QED) is 0.766. The van der Waals surface area contributed by atoms with Gasteiger partial charge in [-0.05, 0) is 65.3 Å². The van der Waals surface area contributed by atoms with Gasteiger partial charge < -0.3 is 9.47 Å². The lowest BCUT2D eigenvalue weighted by Crippen LogP contribution is -2.28. The first-order chi connectivity index (χ1) is 10.4. The number of halogens is 1. The molecular formula is C17H24BrNO4. The van der Waals surface area contributed by atoms with E-state index in [1.165, 1.54) is 0 Å². The van der Waals surface area contributed by atoms with E-state index in [0.29, 0.717) is 11.3 Å². The van der Waals surface area contributed by atoms with Crippen LogP contribution < -0.4 is 5.32 Å². The van der Waals surface area contributed by atoms with Crippen LogP contribution >= 0.6 is 15.9 Å². The minimum atomic E-state index is -0.592. The highest BCUT2D eigenvalue weighted by Gasteiger charge is 2.20. The zero-order chi connectivity index (χ0) is 17.8. The number of amides is 1. The van der Waals surface area contributed by atoms with Gasteiger partial charge in [0.2, 0.25) is 0 Å². The molecule has 0 unspecified atom stereocenters. The van der Waals surface area contributed by atoms with Crippen molar-refractivity contribution >= 4 is 33.7 Å². The number of hydrogen-bond donors (Lipinski definition) is 1. The van der Waals surface area contributed by atoms with Crippen LogP contribution in [-0.4, -0.2) is 23.3 Å². The van der Waals surface area contributed by atoms with Gasteiger partial charge in [-0.25, -0.2) is 4.79 Å². The Labute approximate surface area is 145 Å². The summed E-state index contributed by atoms with van der Waals surface area (Å²) in [5.41, 5.74) is 0.0277. The molecule has 0 aliphatic carbocycles. The number of ether oxygens (including phenoxy) is 2. The van der Waals surface area contributed by atoms with Gasteiger partial charge in [0.1, 0.15) is 11.2 Å². The van der Waals surface area contributed by atoms with E-state index in [0.717, 1.165) is 4.47 Å². The number of benzene rings is 1. The minimum absolute atomic E-state index is 0.0574. The first kappa shape index (κ1) is 19.5. The predicted molar refractivity (Wildman–Crippen MR) is 93.5 cm³/mol. The van der Waals surface area contributed by atoms with Crippen molar-refractivity contribution in [3.05, 3.63) is 28.2 Å². The molecule has 0 saturated heterocycles. The van der Waals surface area contributed by atoms with Gasteiger partial charge >= 0.3 is 12.1 Å². The molecule has 0 atom stereocenters. The second-order valence-electron chi connectivity index (χ2n) is 7.19. The maximum absolute atomic E-state index is 12.0. The number of esters is 1. The minimum Gasteiger partial charge on any atom is -0.460 e. The molecule has 0 spiro atoms. The molecule has 1 rings (SSSR count). The molecule has 0 saturated carbocycles. The Hall–Kier alpha value is -1.56. The fourth-order valence-electron chi connectivity index (χ4n) is 1.78. The molecule has 1 amide bonds. The lowest BCUT2D eigenvalue weighted by Gasteiger charge is -2.21. The summed E-state index contributed by atoms with van der Waals surface area (Å²) in [6, 6.07) is 5.27. The van der Waals surface area contributed by atoms with Crippen molar-refractivity contribution in [3.8, 4) is 0 Å². The Morgan fingerprint density at radius 1 is 1.04 bits per heavy atom. The van der Waals surface area contributed by atoms with E-state index in [2.05, 4.69) is 21.2 Å². The van der Waals surface area contributed by atoms with Gasteiger partial charge in [-0.3, -0.25) is 10.1 Å². The molecule has 0 fully saturated rings. The molecule has 1 aromatic rings. The van der Waals surface area contributed by atoms with Crippen LogP contribution in [0, 0.1) is 0 Å². The zero-order valence-electron chi connectivity index (χ0n) is 14.5. The zero-order valence-corrected chi connectivity index (χ0v) is 16.0. The average Bonchev–Trinajstić information content (AvgIpc) is 2.27. The third kappa shape index (κ3) is 8.02. The van der Waals surface area contributed by atoms with E-state index in [9.17, 15) is 9.59 Å². The van der Waals surface area contributed by atoms with Crippen LogP contribution in [0.15, 0.2) is 22.7 Å². The topological polar surface area (TPSA) is 64.6 Å². The molecule has 6 heteroatoms. The summed E-state index contributed by atoms with van der Waals surface area (Å²) in [6.45, 7) is 10.8. The molecule has 0 bridgehead atoms. The van der Waals surface area contributed by atoms with Crippen molar-refractivity contribution in [1.29, 1.82) is 0 Å². The Morgan fingerprint density at radius 3 is 2.13 bits per heavy atom. The van der Waals surface area contributed by atoms with Crippen LogP contribution in [0.4, 0.5) is 10.5 Å². The van der Waals surface area contributed by atoms with Crippen LogP contribution in [0.2, 0.25) is 0 Å². The summed E-state index contributed by atoms with van der Waals surface area (Å²) in [5, 5.41) is 2.67. The van der Waals surface area contributed by atoms with Crippen molar-refractivity contribution in [1.82, 2.24) is 0 Å². The maximum Gasteiger partial charge on any atom is 0.412 e. The first-order valence-electron chi connectivity index (χ1n) is 7.36. The summed E-state index contributed by atoms with van der Waals surface area (Å²) in [6.07, 6.45) is -0.507. The molecule has 5 nitrogen and oxygen atoms in total. The third-order valence-corrected chi connectivity index (χ3v) is 2.95. The maximum atomic E-state index is 12.0. The number of rotatable bonds is 3. The lowest BCUT2D eigenvalue weighted by atomic mass is 10.1. The molecule has 0 aliphatic rings. The smallest absolute Gasteiger partial charge is 0.412 e. The van der Waals surface area contributed by atoms with Crippen molar-refractivity contribution < 1.29 is 19.1 Å². The average molecular weight is 386 g/mol. The standard InChI is InChI=1S/C17H24BrNO4/c1-16(2,3)22-14(20)10-11-9-12(18)7-8-13(11)19-15(21)23-17(4,5)6/h7-9H,10H2,1-6H3,(H,19,21). The molecule has 128 valence electrons. The number of carbonyl (C=O) groups excluding carboxylic acids is 2. The second-order valence-corrected chi connectivity index (χ2v) is 8.11. The SMILES string of the molecule is CC(C)(C)OC(=O)Cc1cc(Br)ccc1NC(=O)OC(C)(C)C. The molecule has 0 aromatic heterocycles. The number of nitrogens with one attached hydrogen (secondary N) is 1. The highest BCUT2D eigenvalue weighted by Crippen LogP contribution is 2.23. The van der Waals surface area contributed by atoms with Crippen LogP contribution in [0.5, 0.6) is 0 Å². The van der Waals surface area contributed by atoms with Gasteiger partial charge in [-0.15, -0.1) is 0 Å². The normalized spacial score (nSPS) is 11.8. The summed E-state index contributed by atoms with van der Waals surface area (Å²) in [5.74, 6) is -0.358. The van der Waals surface area contributed by atoms with E-state index in [4.69, 9.17) is 9.47 Å². The van der Waals surface area contributed by atoms with Crippen LogP contribution in [0.25, 0.3) is 0 Å². The van der Waals surface area contributed by atoms with Gasteiger partial charge in [-0.1, -0.05) is 15.9 Å². The number of anilines is 1. The van der Waals surface area contributed by atoms with Crippen LogP contribution in [-0.2, 0) is 20.7 Å².